The van der Waals surface area contributed by atoms with E-state index in [4.69, 9.17) is 5.73 Å². The largest absolute Gasteiger partial charge is 0.369 e. The van der Waals surface area contributed by atoms with Crippen molar-refractivity contribution in [2.24, 2.45) is 16.6 Å². The summed E-state index contributed by atoms with van der Waals surface area (Å²) in [5.41, 5.74) is 7.70. The van der Waals surface area contributed by atoms with Gasteiger partial charge in [-0.2, -0.15) is 0 Å². The first-order valence-corrected chi connectivity index (χ1v) is 13.5. The van der Waals surface area contributed by atoms with Gasteiger partial charge < -0.3 is 11.1 Å². The number of nitrogens with one attached hydrogen (secondary N) is 2. The minimum atomic E-state index is -3.59. The van der Waals surface area contributed by atoms with Crippen molar-refractivity contribution in [3.63, 3.8) is 0 Å². The molecule has 1 saturated carbocycles. The van der Waals surface area contributed by atoms with Gasteiger partial charge in [-0.3, -0.25) is 19.2 Å². The Labute approximate surface area is 205 Å². The molecule has 10 heteroatoms. The molecule has 2 atom stereocenters. The fourth-order valence-electron chi connectivity index (χ4n) is 4.48. The molecule has 4 rings (SSSR count). The van der Waals surface area contributed by atoms with Crippen LogP contribution >= 0.6 is 0 Å². The van der Waals surface area contributed by atoms with E-state index in [0.717, 1.165) is 24.7 Å². The van der Waals surface area contributed by atoms with Gasteiger partial charge in [0, 0.05) is 11.3 Å². The molecule has 1 aliphatic heterocycles. The number of benzene rings is 2. The van der Waals surface area contributed by atoms with Crippen molar-refractivity contribution in [1.82, 2.24) is 10.2 Å². The van der Waals surface area contributed by atoms with Crippen molar-refractivity contribution in [1.29, 1.82) is 0 Å². The number of nitrogens with two attached hydrogens (primary N) is 1. The second-order valence-corrected chi connectivity index (χ2v) is 11.4. The molecule has 0 aromatic heterocycles. The fourth-order valence-corrected chi connectivity index (χ4v) is 5.02. The zero-order chi connectivity index (χ0) is 25.4. The van der Waals surface area contributed by atoms with Crippen molar-refractivity contribution in [2.75, 3.05) is 11.0 Å². The highest BCUT2D eigenvalue weighted by Gasteiger charge is 2.46. The van der Waals surface area contributed by atoms with Crippen molar-refractivity contribution in [3.8, 4) is 0 Å². The second kappa shape index (κ2) is 9.33. The molecule has 2 aromatic rings. The number of guanidine groups is 1. The average Bonchev–Trinajstić information content (AvgIpc) is 3.62. The van der Waals surface area contributed by atoms with Crippen LogP contribution in [0, 0.1) is 5.92 Å². The van der Waals surface area contributed by atoms with Crippen LogP contribution in [0.1, 0.15) is 60.6 Å². The van der Waals surface area contributed by atoms with Gasteiger partial charge in [0.1, 0.15) is 0 Å². The lowest BCUT2D eigenvalue weighted by atomic mass is 9.90. The lowest BCUT2D eigenvalue weighted by Crippen LogP contribution is -2.50. The second-order valence-electron chi connectivity index (χ2n) is 9.66. The number of hydrogen-bond donors (Lipinski definition) is 3. The van der Waals surface area contributed by atoms with Gasteiger partial charge in [0.05, 0.1) is 30.8 Å². The van der Waals surface area contributed by atoms with E-state index in [1.54, 1.807) is 12.1 Å². The molecule has 1 heterocycles. The van der Waals surface area contributed by atoms with Gasteiger partial charge in [0.2, 0.25) is 15.9 Å². The van der Waals surface area contributed by atoms with E-state index in [9.17, 15) is 18.0 Å². The van der Waals surface area contributed by atoms with E-state index in [-0.39, 0.29) is 48.0 Å². The third-order valence-electron chi connectivity index (χ3n) is 6.46. The Morgan fingerprint density at radius 2 is 1.91 bits per heavy atom. The Morgan fingerprint density at radius 3 is 2.51 bits per heavy atom. The summed E-state index contributed by atoms with van der Waals surface area (Å²) in [5, 5.41) is 2.94. The maximum Gasteiger partial charge on any atom is 0.251 e. The maximum atomic E-state index is 13.1. The summed E-state index contributed by atoms with van der Waals surface area (Å²) in [6, 6.07) is 13.9. The molecule has 0 spiro atoms. The number of aliphatic imine (C=N–C) groups is 1. The third kappa shape index (κ3) is 6.00. The summed E-state index contributed by atoms with van der Waals surface area (Å²) in [4.78, 5) is 32.0. The van der Waals surface area contributed by atoms with Gasteiger partial charge >= 0.3 is 0 Å². The van der Waals surface area contributed by atoms with Crippen LogP contribution < -0.4 is 15.8 Å². The van der Waals surface area contributed by atoms with Crippen LogP contribution in [0.3, 0.4) is 0 Å². The normalized spacial score (nSPS) is 21.3. The zero-order valence-corrected chi connectivity index (χ0v) is 20.9. The predicted octanol–water partition coefficient (Wildman–Crippen LogP) is 2.76. The summed E-state index contributed by atoms with van der Waals surface area (Å²) in [7, 11) is -3.59. The van der Waals surface area contributed by atoms with Gasteiger partial charge in [-0.1, -0.05) is 30.3 Å². The smallest absolute Gasteiger partial charge is 0.251 e. The first-order chi connectivity index (χ1) is 16.4. The Hall–Kier alpha value is -3.40. The predicted molar refractivity (Wildman–Crippen MR) is 135 cm³/mol. The van der Waals surface area contributed by atoms with Crippen molar-refractivity contribution < 1.29 is 18.0 Å². The Balaban J connectivity index is 1.60. The number of anilines is 1. The van der Waals surface area contributed by atoms with Crippen LogP contribution in [0.4, 0.5) is 5.69 Å². The number of carbonyl (C=O) groups is 2. The highest BCUT2D eigenvalue weighted by molar-refractivity contribution is 7.92. The third-order valence-corrected chi connectivity index (χ3v) is 7.07. The summed E-state index contributed by atoms with van der Waals surface area (Å²) < 4.78 is 26.2. The number of rotatable bonds is 8. The maximum absolute atomic E-state index is 13.1. The molecule has 0 unspecified atom stereocenters. The van der Waals surface area contributed by atoms with Crippen LogP contribution in [0.5, 0.6) is 0 Å². The van der Waals surface area contributed by atoms with Gasteiger partial charge in [-0.15, -0.1) is 0 Å². The molecular formula is C25H31N5O4S. The molecule has 2 aliphatic rings. The Morgan fingerprint density at radius 1 is 1.23 bits per heavy atom. The molecule has 4 N–H and O–H groups in total. The van der Waals surface area contributed by atoms with Gasteiger partial charge in [0.25, 0.3) is 5.91 Å². The molecule has 35 heavy (non-hydrogen) atoms. The number of amides is 2. The SMILES string of the molecule is C[C@H](NC(=O)c1cc(CN2C(=O)C[C@@](C)(C3CC3)N=C2N)cc(NS(C)(=O)=O)c1)c1ccccc1. The molecule has 1 aliphatic carbocycles. The minimum absolute atomic E-state index is 0.0721. The molecule has 186 valence electrons. The van der Waals surface area contributed by atoms with Gasteiger partial charge in [-0.05, 0) is 61.9 Å². The molecule has 2 aromatic carbocycles. The van der Waals surface area contributed by atoms with Crippen LogP contribution in [0.2, 0.25) is 0 Å². The number of hydrogen-bond acceptors (Lipinski definition) is 6. The topological polar surface area (TPSA) is 134 Å². The summed E-state index contributed by atoms with van der Waals surface area (Å²) in [6.45, 7) is 3.90. The molecule has 9 nitrogen and oxygen atoms in total. The molecule has 1 fully saturated rings. The highest BCUT2D eigenvalue weighted by atomic mass is 32.2. The molecular weight excluding hydrogens is 466 g/mol. The van der Waals surface area contributed by atoms with E-state index in [1.807, 2.05) is 44.2 Å². The summed E-state index contributed by atoms with van der Waals surface area (Å²) in [5.74, 6) is 0.00178. The molecule has 0 saturated heterocycles. The monoisotopic (exact) mass is 497 g/mol. The first-order valence-electron chi connectivity index (χ1n) is 11.6. The molecule has 2 amide bonds. The number of carbonyl (C=O) groups excluding carboxylic acids is 2. The molecule has 0 bridgehead atoms. The number of sulfonamides is 1. The van der Waals surface area contributed by atoms with Crippen molar-refractivity contribution >= 4 is 33.5 Å². The minimum Gasteiger partial charge on any atom is -0.369 e. The van der Waals surface area contributed by atoms with E-state index >= 15 is 0 Å². The molecule has 0 radical (unpaired) electrons. The lowest BCUT2D eigenvalue weighted by Gasteiger charge is -2.35. The Bertz CT molecular complexity index is 1270. The highest BCUT2D eigenvalue weighted by Crippen LogP contribution is 2.45. The number of nitrogens with zero attached hydrogens (tertiary/aromatic N) is 2. The summed E-state index contributed by atoms with van der Waals surface area (Å²) >= 11 is 0. The van der Waals surface area contributed by atoms with Crippen LogP contribution in [-0.2, 0) is 21.4 Å². The van der Waals surface area contributed by atoms with Crippen LogP contribution in [-0.4, -0.2) is 42.9 Å². The van der Waals surface area contributed by atoms with Crippen LogP contribution in [0.25, 0.3) is 0 Å². The standard InChI is InChI=1S/C25H31N5O4S/c1-16(18-7-5-4-6-8-18)27-23(32)19-11-17(12-21(13-19)29-35(3,33)34)15-30-22(31)14-25(2,20-9-10-20)28-24(30)26/h4-8,11-13,16,20,29H,9-10,14-15H2,1-3H3,(H2,26,28)(H,27,32)/t16-,25-/m0/s1. The van der Waals surface area contributed by atoms with Crippen molar-refractivity contribution in [3.05, 3.63) is 65.2 Å². The zero-order valence-electron chi connectivity index (χ0n) is 20.1. The summed E-state index contributed by atoms with van der Waals surface area (Å²) in [6.07, 6.45) is 3.38. The van der Waals surface area contributed by atoms with E-state index in [2.05, 4.69) is 15.0 Å². The lowest BCUT2D eigenvalue weighted by molar-refractivity contribution is -0.130. The van der Waals surface area contributed by atoms with E-state index in [0.29, 0.717) is 11.5 Å². The van der Waals surface area contributed by atoms with Crippen LogP contribution in [0.15, 0.2) is 53.5 Å². The first kappa shape index (κ1) is 24.7. The van der Waals surface area contributed by atoms with E-state index in [1.165, 1.54) is 11.0 Å². The Kier molecular flexibility index (Phi) is 6.59. The van der Waals surface area contributed by atoms with Crippen molar-refractivity contribution in [2.45, 2.75) is 51.2 Å². The van der Waals surface area contributed by atoms with Gasteiger partial charge in [-0.25, -0.2) is 13.4 Å². The van der Waals surface area contributed by atoms with Gasteiger partial charge in [0.15, 0.2) is 5.96 Å². The average molecular weight is 498 g/mol. The quantitative estimate of drug-likeness (QED) is 0.516. The van der Waals surface area contributed by atoms with E-state index < -0.39 is 15.6 Å². The fraction of sp³-hybridized carbons (Fsp3) is 0.400.